The highest BCUT2D eigenvalue weighted by molar-refractivity contribution is 7.91. The number of sulfonamides is 1. The van der Waals surface area contributed by atoms with Crippen molar-refractivity contribution in [1.29, 1.82) is 0 Å². The summed E-state index contributed by atoms with van der Waals surface area (Å²) in [5, 5.41) is 0. The van der Waals surface area contributed by atoms with Gasteiger partial charge in [-0.1, -0.05) is 13.3 Å². The molecule has 0 bridgehead atoms. The fourth-order valence-corrected chi connectivity index (χ4v) is 4.52. The third-order valence-electron chi connectivity index (χ3n) is 3.59. The van der Waals surface area contributed by atoms with Crippen LogP contribution in [0.5, 0.6) is 0 Å². The monoisotopic (exact) mass is 332 g/mol. The molecule has 2 rings (SSSR count). The lowest BCUT2D eigenvalue weighted by Crippen LogP contribution is -2.28. The highest BCUT2D eigenvalue weighted by Gasteiger charge is 2.39. The van der Waals surface area contributed by atoms with Gasteiger partial charge in [0.1, 0.15) is 4.90 Å². The second-order valence-electron chi connectivity index (χ2n) is 5.48. The zero-order valence-corrected chi connectivity index (χ0v) is 13.7. The molecule has 1 aromatic rings. The van der Waals surface area contributed by atoms with Crippen molar-refractivity contribution in [3.63, 3.8) is 0 Å². The van der Waals surface area contributed by atoms with E-state index in [1.165, 1.54) is 12.1 Å². The van der Waals surface area contributed by atoms with Gasteiger partial charge in [0.2, 0.25) is 10.0 Å². The number of benzene rings is 1. The molecule has 118 valence electrons. The molecule has 3 N–H and O–H groups in total. The predicted octanol–water partition coefficient (Wildman–Crippen LogP) is 1.14. The Kier molecular flexibility index (Phi) is 4.32. The molecule has 1 aliphatic carbocycles. The van der Waals surface area contributed by atoms with E-state index < -0.39 is 19.9 Å². The molecule has 0 heterocycles. The van der Waals surface area contributed by atoms with Crippen molar-refractivity contribution in [2.24, 2.45) is 5.92 Å². The Morgan fingerprint density at radius 1 is 1.29 bits per heavy atom. The van der Waals surface area contributed by atoms with Crippen LogP contribution >= 0.6 is 0 Å². The second-order valence-corrected chi connectivity index (χ2v) is 9.18. The summed E-state index contributed by atoms with van der Waals surface area (Å²) in [5.74, 6) is 0.365. The van der Waals surface area contributed by atoms with E-state index in [4.69, 9.17) is 5.73 Å². The fraction of sp³-hybridized carbons (Fsp3) is 0.538. The van der Waals surface area contributed by atoms with E-state index in [1.807, 2.05) is 0 Å². The van der Waals surface area contributed by atoms with Gasteiger partial charge in [0.05, 0.1) is 10.6 Å². The van der Waals surface area contributed by atoms with Crippen molar-refractivity contribution in [3.8, 4) is 0 Å². The van der Waals surface area contributed by atoms with Crippen LogP contribution in [0, 0.1) is 5.92 Å². The molecule has 1 aliphatic rings. The number of nitrogens with two attached hydrogens (primary N) is 1. The summed E-state index contributed by atoms with van der Waals surface area (Å²) in [5.41, 5.74) is 5.74. The third-order valence-corrected chi connectivity index (χ3v) is 6.25. The molecular weight excluding hydrogens is 312 g/mol. The van der Waals surface area contributed by atoms with Crippen LogP contribution in [0.15, 0.2) is 28.0 Å². The summed E-state index contributed by atoms with van der Waals surface area (Å²) >= 11 is 0. The van der Waals surface area contributed by atoms with Gasteiger partial charge in [-0.3, -0.25) is 0 Å². The molecule has 1 aromatic carbocycles. The average molecular weight is 332 g/mol. The van der Waals surface area contributed by atoms with E-state index in [1.54, 1.807) is 0 Å². The summed E-state index contributed by atoms with van der Waals surface area (Å²) in [6, 6.07) is 3.66. The topological polar surface area (TPSA) is 106 Å². The van der Waals surface area contributed by atoms with Gasteiger partial charge >= 0.3 is 0 Å². The molecule has 2 atom stereocenters. The molecule has 21 heavy (non-hydrogen) atoms. The Balaban J connectivity index is 2.28. The highest BCUT2D eigenvalue weighted by Crippen LogP contribution is 2.36. The van der Waals surface area contributed by atoms with Crippen LogP contribution < -0.4 is 10.5 Å². The Bertz CT molecular complexity index is 741. The van der Waals surface area contributed by atoms with Crippen LogP contribution in [0.3, 0.4) is 0 Å². The predicted molar refractivity (Wildman–Crippen MR) is 81.1 cm³/mol. The van der Waals surface area contributed by atoms with Crippen LogP contribution in [0.2, 0.25) is 0 Å². The summed E-state index contributed by atoms with van der Waals surface area (Å²) in [7, 11) is -7.28. The van der Waals surface area contributed by atoms with Gasteiger partial charge in [-0.25, -0.2) is 21.6 Å². The highest BCUT2D eigenvalue weighted by atomic mass is 32.2. The maximum absolute atomic E-state index is 12.3. The number of sulfone groups is 1. The molecule has 0 aliphatic heterocycles. The van der Waals surface area contributed by atoms with Gasteiger partial charge in [0.15, 0.2) is 9.84 Å². The first-order chi connectivity index (χ1) is 9.65. The summed E-state index contributed by atoms with van der Waals surface area (Å²) < 4.78 is 50.4. The Morgan fingerprint density at radius 3 is 2.52 bits per heavy atom. The zero-order chi connectivity index (χ0) is 15.8. The molecule has 8 heteroatoms. The van der Waals surface area contributed by atoms with Crippen molar-refractivity contribution in [2.75, 3.05) is 12.0 Å². The van der Waals surface area contributed by atoms with E-state index in [0.717, 1.165) is 31.6 Å². The van der Waals surface area contributed by atoms with Gasteiger partial charge in [-0.15, -0.1) is 0 Å². The third kappa shape index (κ3) is 3.75. The molecule has 1 saturated carbocycles. The molecule has 0 aromatic heterocycles. The van der Waals surface area contributed by atoms with Gasteiger partial charge < -0.3 is 5.73 Å². The maximum atomic E-state index is 12.3. The standard InChI is InChI=1S/C13H20N2O4S2/c1-3-4-9-7-12(9)15-21(18,19)13-8-10(20(2,16)17)5-6-11(13)14/h5-6,8-9,12,15H,3-4,7,14H2,1-2H3. The lowest BCUT2D eigenvalue weighted by molar-refractivity contribution is 0.573. The van der Waals surface area contributed by atoms with E-state index >= 15 is 0 Å². The number of anilines is 1. The Labute approximate surface area is 125 Å². The van der Waals surface area contributed by atoms with Gasteiger partial charge in [-0.05, 0) is 37.0 Å². The van der Waals surface area contributed by atoms with Gasteiger partial charge in [-0.2, -0.15) is 0 Å². The van der Waals surface area contributed by atoms with Crippen molar-refractivity contribution in [2.45, 2.75) is 42.0 Å². The van der Waals surface area contributed by atoms with Crippen molar-refractivity contribution in [1.82, 2.24) is 4.72 Å². The minimum Gasteiger partial charge on any atom is -0.398 e. The summed E-state index contributed by atoms with van der Waals surface area (Å²) in [4.78, 5) is -0.231. The van der Waals surface area contributed by atoms with Crippen molar-refractivity contribution < 1.29 is 16.8 Å². The normalized spacial score (nSPS) is 22.2. The molecule has 1 fully saturated rings. The largest absolute Gasteiger partial charge is 0.398 e. The molecule has 0 saturated heterocycles. The van der Waals surface area contributed by atoms with Crippen LogP contribution in [-0.4, -0.2) is 29.1 Å². The quantitative estimate of drug-likeness (QED) is 0.760. The number of nitrogen functional groups attached to an aromatic ring is 1. The first-order valence-electron chi connectivity index (χ1n) is 6.77. The smallest absolute Gasteiger partial charge is 0.242 e. The lowest BCUT2D eigenvalue weighted by Gasteiger charge is -2.10. The summed E-state index contributed by atoms with van der Waals surface area (Å²) in [6.45, 7) is 2.05. The van der Waals surface area contributed by atoms with Gasteiger partial charge in [0, 0.05) is 12.3 Å². The van der Waals surface area contributed by atoms with Crippen LogP contribution in [0.25, 0.3) is 0 Å². The molecule has 6 nitrogen and oxygen atoms in total. The van der Waals surface area contributed by atoms with E-state index in [9.17, 15) is 16.8 Å². The Morgan fingerprint density at radius 2 is 1.95 bits per heavy atom. The fourth-order valence-electron chi connectivity index (χ4n) is 2.32. The number of rotatable bonds is 6. The molecule has 0 radical (unpaired) electrons. The van der Waals surface area contributed by atoms with Crippen LogP contribution in [0.1, 0.15) is 26.2 Å². The van der Waals surface area contributed by atoms with Gasteiger partial charge in [0.25, 0.3) is 0 Å². The minimum atomic E-state index is -3.80. The van der Waals surface area contributed by atoms with Crippen molar-refractivity contribution >= 4 is 25.5 Å². The van der Waals surface area contributed by atoms with Crippen molar-refractivity contribution in [3.05, 3.63) is 18.2 Å². The second kappa shape index (κ2) is 5.58. The number of hydrogen-bond donors (Lipinski definition) is 2. The first-order valence-corrected chi connectivity index (χ1v) is 10.1. The SMILES string of the molecule is CCCC1CC1NS(=O)(=O)c1cc(S(C)(=O)=O)ccc1N. The van der Waals surface area contributed by atoms with E-state index in [0.29, 0.717) is 5.92 Å². The number of nitrogens with one attached hydrogen (secondary N) is 1. The molecular formula is C13H20N2O4S2. The number of hydrogen-bond acceptors (Lipinski definition) is 5. The van der Waals surface area contributed by atoms with E-state index in [-0.39, 0.29) is 21.5 Å². The first kappa shape index (κ1) is 16.3. The molecule has 0 amide bonds. The lowest BCUT2D eigenvalue weighted by atomic mass is 10.2. The summed E-state index contributed by atoms with van der Waals surface area (Å²) in [6.07, 6.45) is 3.83. The zero-order valence-electron chi connectivity index (χ0n) is 12.0. The van der Waals surface area contributed by atoms with Crippen LogP contribution in [0.4, 0.5) is 5.69 Å². The minimum absolute atomic E-state index is 0.0441. The Hall–Kier alpha value is -1.12. The van der Waals surface area contributed by atoms with E-state index in [2.05, 4.69) is 11.6 Å². The van der Waals surface area contributed by atoms with Crippen LogP contribution in [-0.2, 0) is 19.9 Å². The molecule has 0 spiro atoms. The average Bonchev–Trinajstić information content (AvgIpc) is 3.05. The molecule has 2 unspecified atom stereocenters. The maximum Gasteiger partial charge on any atom is 0.242 e.